The third-order valence-corrected chi connectivity index (χ3v) is 3.55. The highest BCUT2D eigenvalue weighted by molar-refractivity contribution is 7.80. The lowest BCUT2D eigenvalue weighted by atomic mass is 10.1. The molecule has 21 heavy (non-hydrogen) atoms. The minimum absolute atomic E-state index is 0.0929. The molecule has 2 amide bonds. The van der Waals surface area contributed by atoms with Gasteiger partial charge in [0.1, 0.15) is 5.57 Å². The Labute approximate surface area is 129 Å². The minimum atomic E-state index is -0.455. The van der Waals surface area contributed by atoms with Gasteiger partial charge in [-0.2, -0.15) is 0 Å². The van der Waals surface area contributed by atoms with Crippen LogP contribution in [0.2, 0.25) is 0 Å². The Morgan fingerprint density at radius 2 is 2.00 bits per heavy atom. The van der Waals surface area contributed by atoms with Crippen molar-refractivity contribution in [2.75, 3.05) is 6.54 Å². The lowest BCUT2D eigenvalue weighted by Gasteiger charge is -2.27. The summed E-state index contributed by atoms with van der Waals surface area (Å²) in [7, 11) is 0. The summed E-state index contributed by atoms with van der Waals surface area (Å²) in [6, 6.07) is 7.88. The van der Waals surface area contributed by atoms with Crippen LogP contribution in [-0.2, 0) is 9.59 Å². The zero-order chi connectivity index (χ0) is 15.4. The first kappa shape index (κ1) is 15.1. The third-order valence-electron chi connectivity index (χ3n) is 3.23. The van der Waals surface area contributed by atoms with Gasteiger partial charge < -0.3 is 0 Å². The molecule has 1 heterocycles. The van der Waals surface area contributed by atoms with Crippen molar-refractivity contribution in [3.05, 3.63) is 53.1 Å². The Hall–Kier alpha value is -2.27. The molecule has 5 heteroatoms. The van der Waals surface area contributed by atoms with E-state index in [9.17, 15) is 9.59 Å². The van der Waals surface area contributed by atoms with E-state index in [0.29, 0.717) is 6.54 Å². The number of amides is 2. The molecule has 1 aliphatic heterocycles. The average molecular weight is 300 g/mol. The van der Waals surface area contributed by atoms with Crippen LogP contribution < -0.4 is 5.32 Å². The molecule has 108 valence electrons. The first-order chi connectivity index (χ1) is 10.0. The number of nitrogens with one attached hydrogen (secondary N) is 1. The number of nitrogens with zero attached hydrogens (tertiary/aromatic N) is 1. The van der Waals surface area contributed by atoms with Gasteiger partial charge in [0.05, 0.1) is 0 Å². The molecule has 0 bridgehead atoms. The number of carbonyl (C=O) groups is 2. The van der Waals surface area contributed by atoms with E-state index < -0.39 is 5.91 Å². The van der Waals surface area contributed by atoms with E-state index in [2.05, 4.69) is 5.32 Å². The zero-order valence-electron chi connectivity index (χ0n) is 11.9. The van der Waals surface area contributed by atoms with Crippen LogP contribution in [0.3, 0.4) is 0 Å². The number of aryl methyl sites for hydroxylation is 1. The Bertz CT molecular complexity index is 662. The largest absolute Gasteiger partial charge is 0.298 e. The molecule has 1 saturated heterocycles. The number of rotatable bonds is 3. The molecule has 1 aliphatic rings. The molecule has 0 aliphatic carbocycles. The summed E-state index contributed by atoms with van der Waals surface area (Å²) in [4.78, 5) is 25.4. The van der Waals surface area contributed by atoms with Gasteiger partial charge in [-0.05, 0) is 43.3 Å². The van der Waals surface area contributed by atoms with Gasteiger partial charge in [0.15, 0.2) is 5.11 Å². The molecule has 2 rings (SSSR count). The maximum atomic E-state index is 12.2. The fourth-order valence-electron chi connectivity index (χ4n) is 2.02. The molecule has 4 nitrogen and oxygen atoms in total. The van der Waals surface area contributed by atoms with E-state index in [0.717, 1.165) is 11.1 Å². The van der Waals surface area contributed by atoms with Crippen molar-refractivity contribution in [3.63, 3.8) is 0 Å². The predicted molar refractivity (Wildman–Crippen MR) is 86.4 cm³/mol. The number of benzene rings is 1. The first-order valence-corrected chi connectivity index (χ1v) is 7.06. The number of thiocarbonyl (C=S) groups is 1. The molecule has 0 radical (unpaired) electrons. The normalized spacial score (nSPS) is 17.7. The van der Waals surface area contributed by atoms with Gasteiger partial charge in [-0.15, -0.1) is 0 Å². The van der Waals surface area contributed by atoms with Crippen LogP contribution in [0.15, 0.2) is 42.0 Å². The van der Waals surface area contributed by atoms with Crippen LogP contribution in [0.25, 0.3) is 6.08 Å². The van der Waals surface area contributed by atoms with Crippen molar-refractivity contribution in [2.24, 2.45) is 0 Å². The van der Waals surface area contributed by atoms with Crippen LogP contribution in [0, 0.1) is 6.92 Å². The summed E-state index contributed by atoms with van der Waals surface area (Å²) in [5, 5.41) is 2.68. The van der Waals surface area contributed by atoms with Crippen molar-refractivity contribution in [1.29, 1.82) is 0 Å². The van der Waals surface area contributed by atoms with Gasteiger partial charge in [-0.25, -0.2) is 0 Å². The van der Waals surface area contributed by atoms with E-state index in [1.165, 1.54) is 11.0 Å². The second-order valence-corrected chi connectivity index (χ2v) is 4.99. The predicted octanol–water partition coefficient (Wildman–Crippen LogP) is 2.20. The number of likely N-dealkylation sites (N-methyl/N-ethyl adjacent to an activating group) is 1. The maximum absolute atomic E-state index is 12.2. The molecule has 1 aromatic rings. The second-order valence-electron chi connectivity index (χ2n) is 4.60. The topological polar surface area (TPSA) is 49.4 Å². The van der Waals surface area contributed by atoms with Crippen molar-refractivity contribution in [1.82, 2.24) is 10.2 Å². The molecule has 0 saturated carbocycles. The summed E-state index contributed by atoms with van der Waals surface area (Å²) in [5.74, 6) is -0.815. The first-order valence-electron chi connectivity index (χ1n) is 6.65. The van der Waals surface area contributed by atoms with E-state index in [1.807, 2.05) is 44.2 Å². The Balaban J connectivity index is 2.24. The summed E-state index contributed by atoms with van der Waals surface area (Å²) >= 11 is 4.97. The van der Waals surface area contributed by atoms with Crippen LogP contribution in [0.1, 0.15) is 18.1 Å². The zero-order valence-corrected chi connectivity index (χ0v) is 12.7. The molecule has 0 atom stereocenters. The molecular weight excluding hydrogens is 284 g/mol. The van der Waals surface area contributed by atoms with Crippen molar-refractivity contribution < 1.29 is 9.59 Å². The Morgan fingerprint density at radius 3 is 2.67 bits per heavy atom. The van der Waals surface area contributed by atoms with E-state index >= 15 is 0 Å². The molecular formula is C16H16N2O2S. The highest BCUT2D eigenvalue weighted by atomic mass is 32.1. The summed E-state index contributed by atoms with van der Waals surface area (Å²) < 4.78 is 0. The monoisotopic (exact) mass is 300 g/mol. The van der Waals surface area contributed by atoms with Gasteiger partial charge in [-0.3, -0.25) is 19.8 Å². The fraction of sp³-hybridized carbons (Fsp3) is 0.188. The van der Waals surface area contributed by atoms with Crippen molar-refractivity contribution in [2.45, 2.75) is 13.8 Å². The number of hydrogen-bond acceptors (Lipinski definition) is 3. The lowest BCUT2D eigenvalue weighted by molar-refractivity contribution is -0.128. The van der Waals surface area contributed by atoms with Crippen LogP contribution in [-0.4, -0.2) is 28.4 Å². The van der Waals surface area contributed by atoms with Gasteiger partial charge in [0, 0.05) is 6.54 Å². The van der Waals surface area contributed by atoms with Crippen LogP contribution >= 0.6 is 12.2 Å². The Morgan fingerprint density at radius 1 is 1.29 bits per heavy atom. The molecule has 1 fully saturated rings. The second kappa shape index (κ2) is 6.45. The average Bonchev–Trinajstić information content (AvgIpc) is 2.44. The SMILES string of the molecule is CCN1C(=O)/C(=C/C=C/c2ccccc2C)C(=O)NC1=S. The third kappa shape index (κ3) is 3.25. The minimum Gasteiger partial charge on any atom is -0.298 e. The smallest absolute Gasteiger partial charge is 0.265 e. The molecule has 0 aromatic heterocycles. The number of carbonyl (C=O) groups excluding carboxylic acids is 2. The van der Waals surface area contributed by atoms with E-state index in [1.54, 1.807) is 6.08 Å². The van der Waals surface area contributed by atoms with Crippen molar-refractivity contribution >= 4 is 35.2 Å². The van der Waals surface area contributed by atoms with Gasteiger partial charge in [-0.1, -0.05) is 36.4 Å². The maximum Gasteiger partial charge on any atom is 0.265 e. The van der Waals surface area contributed by atoms with Crippen LogP contribution in [0.5, 0.6) is 0 Å². The van der Waals surface area contributed by atoms with E-state index in [4.69, 9.17) is 12.2 Å². The van der Waals surface area contributed by atoms with Crippen LogP contribution in [0.4, 0.5) is 0 Å². The summed E-state index contributed by atoms with van der Waals surface area (Å²) in [6.07, 6.45) is 5.10. The molecule has 0 unspecified atom stereocenters. The molecule has 0 spiro atoms. The Kier molecular flexibility index (Phi) is 4.65. The summed E-state index contributed by atoms with van der Waals surface area (Å²) in [5.41, 5.74) is 2.26. The fourth-order valence-corrected chi connectivity index (χ4v) is 2.33. The van der Waals surface area contributed by atoms with Gasteiger partial charge >= 0.3 is 0 Å². The molecule has 1 N–H and O–H groups in total. The number of allylic oxidation sites excluding steroid dienone is 2. The van der Waals surface area contributed by atoms with Gasteiger partial charge in [0.2, 0.25) is 0 Å². The van der Waals surface area contributed by atoms with Gasteiger partial charge in [0.25, 0.3) is 11.8 Å². The standard InChI is InChI=1S/C16H16N2O2S/c1-3-18-15(20)13(14(19)17-16(18)21)10-6-9-12-8-5-4-7-11(12)2/h4-10H,3H2,1-2H3,(H,17,19,21)/b9-6+,13-10+. The number of hydrogen-bond donors (Lipinski definition) is 1. The highest BCUT2D eigenvalue weighted by Crippen LogP contribution is 2.12. The highest BCUT2D eigenvalue weighted by Gasteiger charge is 2.31. The lowest BCUT2D eigenvalue weighted by Crippen LogP contribution is -2.53. The quantitative estimate of drug-likeness (QED) is 0.529. The summed E-state index contributed by atoms with van der Waals surface area (Å²) in [6.45, 7) is 4.24. The molecule has 1 aromatic carbocycles. The van der Waals surface area contributed by atoms with Crippen molar-refractivity contribution in [3.8, 4) is 0 Å². The van der Waals surface area contributed by atoms with E-state index in [-0.39, 0.29) is 16.6 Å².